The van der Waals surface area contributed by atoms with Crippen LogP contribution in [0.2, 0.25) is 0 Å². The van der Waals surface area contributed by atoms with E-state index in [2.05, 4.69) is 21.2 Å². The topological polar surface area (TPSA) is 32.3 Å². The van der Waals surface area contributed by atoms with Crippen LogP contribution in [0.15, 0.2) is 46.9 Å². The van der Waals surface area contributed by atoms with Gasteiger partial charge >= 0.3 is 6.03 Å². The lowest BCUT2D eigenvalue weighted by Crippen LogP contribution is -2.38. The first-order valence-electron chi connectivity index (χ1n) is 7.57. The Labute approximate surface area is 143 Å². The maximum atomic E-state index is 13.3. The lowest BCUT2D eigenvalue weighted by molar-refractivity contribution is 0.202. The van der Waals surface area contributed by atoms with Crippen LogP contribution in [0.4, 0.5) is 9.18 Å². The molecule has 5 heteroatoms. The van der Waals surface area contributed by atoms with Crippen LogP contribution in [0.1, 0.15) is 29.2 Å². The van der Waals surface area contributed by atoms with Gasteiger partial charge in [-0.25, -0.2) is 9.18 Å². The number of hydrogen-bond donors (Lipinski definition) is 1. The van der Waals surface area contributed by atoms with Crippen LogP contribution in [0.3, 0.4) is 0 Å². The molecule has 0 aliphatic heterocycles. The molecule has 0 radical (unpaired) electrons. The van der Waals surface area contributed by atoms with Crippen molar-refractivity contribution in [3.8, 4) is 0 Å². The number of aryl methyl sites for hydroxylation is 1. The van der Waals surface area contributed by atoms with Gasteiger partial charge in [0.05, 0.1) is 6.04 Å². The first-order valence-corrected chi connectivity index (χ1v) is 8.36. The molecular weight excluding hydrogens is 359 g/mol. The van der Waals surface area contributed by atoms with Crippen LogP contribution >= 0.6 is 15.9 Å². The van der Waals surface area contributed by atoms with Gasteiger partial charge in [0.15, 0.2) is 0 Å². The summed E-state index contributed by atoms with van der Waals surface area (Å²) in [6.07, 6.45) is 1.62. The van der Waals surface area contributed by atoms with E-state index >= 15 is 0 Å². The van der Waals surface area contributed by atoms with Gasteiger partial charge in [-0.2, -0.15) is 0 Å². The number of benzene rings is 2. The van der Waals surface area contributed by atoms with Crippen LogP contribution in [-0.2, 0) is 13.0 Å². The van der Waals surface area contributed by atoms with E-state index in [0.29, 0.717) is 6.54 Å². The molecule has 1 aliphatic rings. The van der Waals surface area contributed by atoms with Crippen molar-refractivity contribution in [2.45, 2.75) is 25.4 Å². The largest absolute Gasteiger partial charge is 0.331 e. The van der Waals surface area contributed by atoms with E-state index in [1.165, 1.54) is 6.07 Å². The summed E-state index contributed by atoms with van der Waals surface area (Å²) in [5.41, 5.74) is 3.09. The van der Waals surface area contributed by atoms with Gasteiger partial charge in [-0.1, -0.05) is 34.1 Å². The Morgan fingerprint density at radius 3 is 2.78 bits per heavy atom. The van der Waals surface area contributed by atoms with Gasteiger partial charge in [-0.15, -0.1) is 0 Å². The number of carbonyl (C=O) groups is 1. The Balaban J connectivity index is 1.62. The average molecular weight is 377 g/mol. The van der Waals surface area contributed by atoms with Crippen LogP contribution in [0.25, 0.3) is 0 Å². The maximum absolute atomic E-state index is 13.3. The second kappa shape index (κ2) is 6.71. The molecule has 0 heterocycles. The third kappa shape index (κ3) is 3.72. The van der Waals surface area contributed by atoms with Crippen molar-refractivity contribution in [3.63, 3.8) is 0 Å². The number of hydrogen-bond acceptors (Lipinski definition) is 1. The van der Waals surface area contributed by atoms with Gasteiger partial charge < -0.3 is 10.2 Å². The summed E-state index contributed by atoms with van der Waals surface area (Å²) in [5.74, 6) is -0.219. The minimum Gasteiger partial charge on any atom is -0.331 e. The van der Waals surface area contributed by atoms with Crippen molar-refractivity contribution in [1.82, 2.24) is 10.2 Å². The minimum atomic E-state index is -0.219. The zero-order valence-electron chi connectivity index (χ0n) is 12.9. The second-order valence-electron chi connectivity index (χ2n) is 5.87. The monoisotopic (exact) mass is 376 g/mol. The Hall–Kier alpha value is -1.88. The molecule has 0 saturated heterocycles. The van der Waals surface area contributed by atoms with Crippen molar-refractivity contribution in [2.24, 2.45) is 0 Å². The molecule has 3 rings (SSSR count). The highest BCUT2D eigenvalue weighted by Crippen LogP contribution is 2.31. The predicted octanol–water partition coefficient (Wildman–Crippen LogP) is 4.42. The zero-order valence-corrected chi connectivity index (χ0v) is 14.4. The van der Waals surface area contributed by atoms with E-state index in [4.69, 9.17) is 0 Å². The standard InChI is InChI=1S/C18H18BrFN2O/c1-22(11-12-2-5-14(19)6-3-12)18(23)21-17-9-4-13-10-15(20)7-8-16(13)17/h2-3,5-8,10,17H,4,9,11H2,1H3,(H,21,23). The normalized spacial score (nSPS) is 16.0. The first-order chi connectivity index (χ1) is 11.0. The fourth-order valence-electron chi connectivity index (χ4n) is 2.93. The fourth-order valence-corrected chi connectivity index (χ4v) is 3.20. The van der Waals surface area contributed by atoms with Crippen molar-refractivity contribution >= 4 is 22.0 Å². The number of halogens is 2. The van der Waals surface area contributed by atoms with E-state index in [0.717, 1.165) is 34.0 Å². The van der Waals surface area contributed by atoms with Crippen LogP contribution < -0.4 is 5.32 Å². The summed E-state index contributed by atoms with van der Waals surface area (Å²) in [6.45, 7) is 0.544. The number of fused-ring (bicyclic) bond motifs is 1. The molecule has 0 aromatic heterocycles. The quantitative estimate of drug-likeness (QED) is 0.844. The SMILES string of the molecule is CN(Cc1ccc(Br)cc1)C(=O)NC1CCc2cc(F)ccc21. The lowest BCUT2D eigenvalue weighted by Gasteiger charge is -2.22. The summed E-state index contributed by atoms with van der Waals surface area (Å²) in [6, 6.07) is 12.5. The van der Waals surface area contributed by atoms with E-state index in [-0.39, 0.29) is 17.9 Å². The van der Waals surface area contributed by atoms with Gasteiger partial charge in [0, 0.05) is 18.1 Å². The number of rotatable bonds is 3. The highest BCUT2D eigenvalue weighted by molar-refractivity contribution is 9.10. The molecular formula is C18H18BrFN2O. The molecule has 120 valence electrons. The number of nitrogens with zero attached hydrogens (tertiary/aromatic N) is 1. The summed E-state index contributed by atoms with van der Waals surface area (Å²) < 4.78 is 14.3. The van der Waals surface area contributed by atoms with Crippen LogP contribution in [0.5, 0.6) is 0 Å². The maximum Gasteiger partial charge on any atom is 0.317 e. The molecule has 0 spiro atoms. The van der Waals surface area contributed by atoms with E-state index < -0.39 is 0 Å². The number of amides is 2. The summed E-state index contributed by atoms with van der Waals surface area (Å²) in [7, 11) is 1.78. The molecule has 2 aromatic carbocycles. The van der Waals surface area contributed by atoms with Crippen molar-refractivity contribution in [1.29, 1.82) is 0 Å². The van der Waals surface area contributed by atoms with Gasteiger partial charge in [-0.3, -0.25) is 0 Å². The summed E-state index contributed by atoms with van der Waals surface area (Å²) in [5, 5.41) is 3.04. The smallest absolute Gasteiger partial charge is 0.317 e. The van der Waals surface area contributed by atoms with Crippen LogP contribution in [-0.4, -0.2) is 18.0 Å². The highest BCUT2D eigenvalue weighted by Gasteiger charge is 2.25. The number of urea groups is 1. The first kappa shape index (κ1) is 16.0. The third-order valence-electron chi connectivity index (χ3n) is 4.16. The van der Waals surface area contributed by atoms with Crippen molar-refractivity contribution < 1.29 is 9.18 Å². The summed E-state index contributed by atoms with van der Waals surface area (Å²) >= 11 is 3.40. The van der Waals surface area contributed by atoms with Gasteiger partial charge in [0.2, 0.25) is 0 Å². The Kier molecular flexibility index (Phi) is 4.66. The number of carbonyl (C=O) groups excluding carboxylic acids is 1. The van der Waals surface area contributed by atoms with E-state index in [1.807, 2.05) is 24.3 Å². The zero-order chi connectivity index (χ0) is 16.4. The number of nitrogens with one attached hydrogen (secondary N) is 1. The van der Waals surface area contributed by atoms with Gasteiger partial charge in [0.25, 0.3) is 0 Å². The Morgan fingerprint density at radius 2 is 2.04 bits per heavy atom. The average Bonchev–Trinajstić information content (AvgIpc) is 2.91. The molecule has 1 aliphatic carbocycles. The molecule has 1 unspecified atom stereocenters. The Bertz CT molecular complexity index is 717. The van der Waals surface area contributed by atoms with Crippen molar-refractivity contribution in [3.05, 3.63) is 69.4 Å². The molecule has 2 aromatic rings. The Morgan fingerprint density at radius 1 is 1.30 bits per heavy atom. The lowest BCUT2D eigenvalue weighted by atomic mass is 10.1. The van der Waals surface area contributed by atoms with Gasteiger partial charge in [0.1, 0.15) is 5.82 Å². The molecule has 0 bridgehead atoms. The molecule has 0 fully saturated rings. The summed E-state index contributed by atoms with van der Waals surface area (Å²) in [4.78, 5) is 14.0. The third-order valence-corrected chi connectivity index (χ3v) is 4.69. The minimum absolute atomic E-state index is 0.0366. The second-order valence-corrected chi connectivity index (χ2v) is 6.78. The molecule has 1 atom stereocenters. The fraction of sp³-hybridized carbons (Fsp3) is 0.278. The van der Waals surface area contributed by atoms with E-state index in [9.17, 15) is 9.18 Å². The molecule has 3 nitrogen and oxygen atoms in total. The molecule has 1 N–H and O–H groups in total. The molecule has 23 heavy (non-hydrogen) atoms. The van der Waals surface area contributed by atoms with E-state index in [1.54, 1.807) is 24.1 Å². The highest BCUT2D eigenvalue weighted by atomic mass is 79.9. The molecule has 2 amide bonds. The van der Waals surface area contributed by atoms with Crippen LogP contribution in [0, 0.1) is 5.82 Å². The molecule has 0 saturated carbocycles. The van der Waals surface area contributed by atoms with Crippen molar-refractivity contribution in [2.75, 3.05) is 7.05 Å². The van der Waals surface area contributed by atoms with Gasteiger partial charge in [-0.05, 0) is 53.8 Å². The predicted molar refractivity (Wildman–Crippen MR) is 91.6 cm³/mol.